The van der Waals surface area contributed by atoms with Gasteiger partial charge in [0.1, 0.15) is 4.90 Å². The van der Waals surface area contributed by atoms with Crippen LogP contribution in [-0.2, 0) is 10.0 Å². The van der Waals surface area contributed by atoms with Crippen LogP contribution in [0.5, 0.6) is 0 Å². The van der Waals surface area contributed by atoms with Crippen LogP contribution < -0.4 is 10.0 Å². The van der Waals surface area contributed by atoms with Gasteiger partial charge in [-0.2, -0.15) is 0 Å². The Morgan fingerprint density at radius 3 is 2.55 bits per heavy atom. The number of para-hydroxylation sites is 1. The van der Waals surface area contributed by atoms with E-state index in [4.69, 9.17) is 0 Å². The summed E-state index contributed by atoms with van der Waals surface area (Å²) in [6.07, 6.45) is 4.36. The van der Waals surface area contributed by atoms with E-state index >= 15 is 0 Å². The van der Waals surface area contributed by atoms with Crippen molar-refractivity contribution in [3.05, 3.63) is 24.3 Å². The molecule has 0 amide bonds. The minimum Gasteiger partial charge on any atom is -0.384 e. The zero-order valence-electron chi connectivity index (χ0n) is 12.3. The summed E-state index contributed by atoms with van der Waals surface area (Å²) in [5, 5.41) is 3.17. The number of sulfonamides is 1. The first-order valence-electron chi connectivity index (χ1n) is 7.29. The topological polar surface area (TPSA) is 58.2 Å². The molecule has 112 valence electrons. The molecule has 0 atom stereocenters. The highest BCUT2D eigenvalue weighted by Crippen LogP contribution is 2.39. The van der Waals surface area contributed by atoms with E-state index in [1.807, 2.05) is 12.1 Å². The van der Waals surface area contributed by atoms with E-state index in [-0.39, 0.29) is 5.41 Å². The largest absolute Gasteiger partial charge is 0.384 e. The van der Waals surface area contributed by atoms with Crippen LogP contribution in [-0.4, -0.2) is 21.5 Å². The number of nitrogens with one attached hydrogen (secondary N) is 2. The first-order valence-corrected chi connectivity index (χ1v) is 8.78. The monoisotopic (exact) mass is 296 g/mol. The second-order valence-electron chi connectivity index (χ2n) is 5.91. The van der Waals surface area contributed by atoms with Gasteiger partial charge < -0.3 is 5.32 Å². The molecule has 0 saturated heterocycles. The first-order chi connectivity index (χ1) is 9.47. The minimum absolute atomic E-state index is 0.138. The van der Waals surface area contributed by atoms with Gasteiger partial charge >= 0.3 is 0 Å². The molecule has 1 fully saturated rings. The number of hydrogen-bond donors (Lipinski definition) is 2. The van der Waals surface area contributed by atoms with Gasteiger partial charge in [0, 0.05) is 13.1 Å². The van der Waals surface area contributed by atoms with Crippen molar-refractivity contribution in [1.29, 1.82) is 0 Å². The molecule has 1 saturated carbocycles. The molecule has 1 aliphatic carbocycles. The summed E-state index contributed by atoms with van der Waals surface area (Å²) >= 11 is 0. The predicted molar refractivity (Wildman–Crippen MR) is 82.4 cm³/mol. The molecule has 0 spiro atoms. The highest BCUT2D eigenvalue weighted by molar-refractivity contribution is 7.89. The van der Waals surface area contributed by atoms with Crippen LogP contribution >= 0.6 is 0 Å². The van der Waals surface area contributed by atoms with E-state index in [1.54, 1.807) is 12.1 Å². The smallest absolute Gasteiger partial charge is 0.242 e. The van der Waals surface area contributed by atoms with E-state index in [0.29, 0.717) is 17.1 Å². The first kappa shape index (κ1) is 15.3. The molecule has 20 heavy (non-hydrogen) atoms. The van der Waals surface area contributed by atoms with Crippen molar-refractivity contribution in [2.24, 2.45) is 5.41 Å². The maximum absolute atomic E-state index is 12.5. The van der Waals surface area contributed by atoms with Gasteiger partial charge in [0.25, 0.3) is 0 Å². The summed E-state index contributed by atoms with van der Waals surface area (Å²) in [6.45, 7) is 5.49. The van der Waals surface area contributed by atoms with Crippen molar-refractivity contribution in [3.8, 4) is 0 Å². The van der Waals surface area contributed by atoms with Crippen LogP contribution in [0.2, 0.25) is 0 Å². The second-order valence-corrected chi connectivity index (χ2v) is 7.65. The lowest BCUT2D eigenvalue weighted by atomic mass is 9.71. The van der Waals surface area contributed by atoms with Crippen molar-refractivity contribution in [1.82, 2.24) is 4.72 Å². The Hall–Kier alpha value is -1.07. The van der Waals surface area contributed by atoms with Crippen LogP contribution in [0.4, 0.5) is 5.69 Å². The number of benzene rings is 1. The lowest BCUT2D eigenvalue weighted by Crippen LogP contribution is -2.40. The summed E-state index contributed by atoms with van der Waals surface area (Å²) in [6, 6.07) is 7.08. The Balaban J connectivity index is 2.12. The van der Waals surface area contributed by atoms with Gasteiger partial charge in [-0.1, -0.05) is 32.4 Å². The third-order valence-corrected chi connectivity index (χ3v) is 5.45. The third kappa shape index (κ3) is 3.52. The highest BCUT2D eigenvalue weighted by Gasteiger charge is 2.33. The SMILES string of the molecule is CCCNc1ccccc1S(=O)(=O)NCC1(C)CCC1. The van der Waals surface area contributed by atoms with Crippen molar-refractivity contribution in [3.63, 3.8) is 0 Å². The zero-order valence-corrected chi connectivity index (χ0v) is 13.1. The molecule has 1 aliphatic rings. The zero-order chi connectivity index (χ0) is 14.6. The standard InChI is InChI=1S/C15H24N2O2S/c1-3-11-16-13-7-4-5-8-14(13)20(18,19)17-12-15(2)9-6-10-15/h4-5,7-8,16-17H,3,6,9-12H2,1-2H3. The second kappa shape index (κ2) is 6.14. The van der Waals surface area contributed by atoms with Crippen LogP contribution in [0.3, 0.4) is 0 Å². The van der Waals surface area contributed by atoms with Crippen LogP contribution in [0.15, 0.2) is 29.2 Å². The average Bonchev–Trinajstić information content (AvgIpc) is 2.41. The average molecular weight is 296 g/mol. The van der Waals surface area contributed by atoms with E-state index in [9.17, 15) is 8.42 Å². The molecule has 5 heteroatoms. The van der Waals surface area contributed by atoms with Crippen LogP contribution in [0.1, 0.15) is 39.5 Å². The number of hydrogen-bond acceptors (Lipinski definition) is 3. The molecule has 0 aliphatic heterocycles. The maximum atomic E-state index is 12.5. The lowest BCUT2D eigenvalue weighted by molar-refractivity contribution is 0.166. The van der Waals surface area contributed by atoms with Gasteiger partial charge in [0.05, 0.1) is 5.69 Å². The summed E-state index contributed by atoms with van der Waals surface area (Å²) in [7, 11) is -3.44. The molecule has 0 radical (unpaired) electrons. The third-order valence-electron chi connectivity index (χ3n) is 3.99. The fourth-order valence-electron chi connectivity index (χ4n) is 2.41. The molecular weight excluding hydrogens is 272 g/mol. The van der Waals surface area contributed by atoms with Crippen LogP contribution in [0.25, 0.3) is 0 Å². The van der Waals surface area contributed by atoms with Crippen molar-refractivity contribution in [2.45, 2.75) is 44.4 Å². The molecule has 0 bridgehead atoms. The van der Waals surface area contributed by atoms with Gasteiger partial charge in [-0.05, 0) is 36.8 Å². The molecular formula is C15H24N2O2S. The fraction of sp³-hybridized carbons (Fsp3) is 0.600. The van der Waals surface area contributed by atoms with Crippen molar-refractivity contribution in [2.75, 3.05) is 18.4 Å². The fourth-order valence-corrected chi connectivity index (χ4v) is 3.79. The van der Waals surface area contributed by atoms with Crippen LogP contribution in [0, 0.1) is 5.41 Å². The minimum atomic E-state index is -3.44. The van der Waals surface area contributed by atoms with Crippen molar-refractivity contribution < 1.29 is 8.42 Å². The lowest BCUT2D eigenvalue weighted by Gasteiger charge is -2.38. The summed E-state index contributed by atoms with van der Waals surface area (Å²) in [4.78, 5) is 0.344. The quantitative estimate of drug-likeness (QED) is 0.813. The summed E-state index contributed by atoms with van der Waals surface area (Å²) in [5.74, 6) is 0. The molecule has 0 unspecified atom stereocenters. The van der Waals surface area contributed by atoms with E-state index < -0.39 is 10.0 Å². The molecule has 2 N–H and O–H groups in total. The van der Waals surface area contributed by atoms with Gasteiger partial charge in [-0.15, -0.1) is 0 Å². The van der Waals surface area contributed by atoms with E-state index in [2.05, 4.69) is 23.9 Å². The number of anilines is 1. The van der Waals surface area contributed by atoms with Gasteiger partial charge in [-0.25, -0.2) is 13.1 Å². The normalized spacial score (nSPS) is 17.5. The predicted octanol–water partition coefficient (Wildman–Crippen LogP) is 2.98. The molecule has 2 rings (SSSR count). The Morgan fingerprint density at radius 1 is 1.25 bits per heavy atom. The van der Waals surface area contributed by atoms with Gasteiger partial charge in [0.15, 0.2) is 0 Å². The summed E-state index contributed by atoms with van der Waals surface area (Å²) < 4.78 is 27.7. The molecule has 4 nitrogen and oxygen atoms in total. The Morgan fingerprint density at radius 2 is 1.95 bits per heavy atom. The molecule has 1 aromatic carbocycles. The maximum Gasteiger partial charge on any atom is 0.242 e. The highest BCUT2D eigenvalue weighted by atomic mass is 32.2. The molecule has 0 heterocycles. The molecule has 0 aromatic heterocycles. The van der Waals surface area contributed by atoms with E-state index in [0.717, 1.165) is 25.8 Å². The van der Waals surface area contributed by atoms with Crippen molar-refractivity contribution >= 4 is 15.7 Å². The van der Waals surface area contributed by atoms with E-state index in [1.165, 1.54) is 6.42 Å². The molecule has 1 aromatic rings. The van der Waals surface area contributed by atoms with Gasteiger partial charge in [-0.3, -0.25) is 0 Å². The Kier molecular flexibility index (Phi) is 4.70. The number of rotatable bonds is 7. The summed E-state index contributed by atoms with van der Waals surface area (Å²) in [5.41, 5.74) is 0.819. The Bertz CT molecular complexity index is 551. The Labute approximate surface area is 122 Å². The van der Waals surface area contributed by atoms with Gasteiger partial charge in [0.2, 0.25) is 10.0 Å².